The highest BCUT2D eigenvalue weighted by Gasteiger charge is 2.27. The fraction of sp³-hybridized carbons (Fsp3) is 0.533. The molecule has 0 aliphatic carbocycles. The molecule has 0 bridgehead atoms. The fourth-order valence-electron chi connectivity index (χ4n) is 1.94. The molecule has 0 aliphatic heterocycles. The van der Waals surface area contributed by atoms with E-state index < -0.39 is 0 Å². The van der Waals surface area contributed by atoms with Gasteiger partial charge in [-0.3, -0.25) is 4.79 Å². The third-order valence-corrected chi connectivity index (χ3v) is 4.14. The van der Waals surface area contributed by atoms with E-state index >= 15 is 0 Å². The Morgan fingerprint density at radius 2 is 1.89 bits per heavy atom. The van der Waals surface area contributed by atoms with Crippen molar-refractivity contribution in [3.05, 3.63) is 34.9 Å². The maximum absolute atomic E-state index is 12.3. The van der Waals surface area contributed by atoms with Gasteiger partial charge in [0.25, 0.3) is 5.91 Å². The quantitative estimate of drug-likeness (QED) is 0.807. The molecule has 0 heterocycles. The predicted octanol–water partition coefficient (Wildman–Crippen LogP) is 3.83. The third kappa shape index (κ3) is 3.26. The average Bonchev–Trinajstić information content (AvgIpc) is 2.38. The van der Waals surface area contributed by atoms with Crippen molar-refractivity contribution in [2.45, 2.75) is 46.1 Å². The molecule has 1 amide bonds. The first-order valence-electron chi connectivity index (χ1n) is 6.43. The minimum atomic E-state index is -0.297. The standard InChI is InChI=1S/C15H22ClNO/c1-5-15(6-2,10-16)17-14(18)13-9-11(3)7-8-12(13)4/h7-9H,5-6,10H2,1-4H3,(H,17,18). The number of carbonyl (C=O) groups is 1. The van der Waals surface area contributed by atoms with Gasteiger partial charge in [-0.25, -0.2) is 0 Å². The maximum Gasteiger partial charge on any atom is 0.252 e. The summed E-state index contributed by atoms with van der Waals surface area (Å²) in [5, 5.41) is 3.09. The van der Waals surface area contributed by atoms with E-state index in [4.69, 9.17) is 11.6 Å². The molecule has 0 atom stereocenters. The van der Waals surface area contributed by atoms with Gasteiger partial charge in [-0.05, 0) is 38.3 Å². The van der Waals surface area contributed by atoms with Crippen molar-refractivity contribution in [1.29, 1.82) is 0 Å². The van der Waals surface area contributed by atoms with Crippen molar-refractivity contribution >= 4 is 17.5 Å². The number of hydrogen-bond donors (Lipinski definition) is 1. The molecule has 1 N–H and O–H groups in total. The van der Waals surface area contributed by atoms with Crippen LogP contribution < -0.4 is 5.32 Å². The van der Waals surface area contributed by atoms with Crippen LogP contribution in [0, 0.1) is 13.8 Å². The number of rotatable bonds is 5. The molecule has 0 spiro atoms. The molecule has 3 heteroatoms. The molecular weight excluding hydrogens is 246 g/mol. The number of benzene rings is 1. The molecule has 1 aromatic carbocycles. The van der Waals surface area contributed by atoms with Gasteiger partial charge in [0, 0.05) is 11.4 Å². The number of nitrogens with one attached hydrogen (secondary N) is 1. The van der Waals surface area contributed by atoms with Gasteiger partial charge in [-0.1, -0.05) is 31.5 Å². The first-order valence-corrected chi connectivity index (χ1v) is 6.97. The number of halogens is 1. The second-order valence-electron chi connectivity index (χ2n) is 4.89. The highest BCUT2D eigenvalue weighted by Crippen LogP contribution is 2.19. The zero-order chi connectivity index (χ0) is 13.8. The average molecular weight is 268 g/mol. The summed E-state index contributed by atoms with van der Waals surface area (Å²) in [6, 6.07) is 5.92. The van der Waals surface area contributed by atoms with Gasteiger partial charge in [0.15, 0.2) is 0 Å². The van der Waals surface area contributed by atoms with Crippen LogP contribution >= 0.6 is 11.6 Å². The van der Waals surface area contributed by atoms with Crippen LogP contribution in [0.3, 0.4) is 0 Å². The summed E-state index contributed by atoms with van der Waals surface area (Å²) in [4.78, 5) is 12.3. The SMILES string of the molecule is CCC(CC)(CCl)NC(=O)c1cc(C)ccc1C. The fourth-order valence-corrected chi connectivity index (χ4v) is 2.38. The Hall–Kier alpha value is -1.02. The Morgan fingerprint density at radius 1 is 1.28 bits per heavy atom. The lowest BCUT2D eigenvalue weighted by Crippen LogP contribution is -2.49. The Kier molecular flexibility index (Phi) is 5.21. The Morgan fingerprint density at radius 3 is 2.39 bits per heavy atom. The van der Waals surface area contributed by atoms with Gasteiger partial charge in [0.05, 0.1) is 5.54 Å². The Balaban J connectivity index is 2.97. The minimum absolute atomic E-state index is 0.0273. The van der Waals surface area contributed by atoms with Crippen LogP contribution in [-0.2, 0) is 0 Å². The maximum atomic E-state index is 12.3. The van der Waals surface area contributed by atoms with Gasteiger partial charge < -0.3 is 5.32 Å². The summed E-state index contributed by atoms with van der Waals surface area (Å²) in [5.74, 6) is 0.414. The summed E-state index contributed by atoms with van der Waals surface area (Å²) < 4.78 is 0. The highest BCUT2D eigenvalue weighted by molar-refractivity contribution is 6.19. The molecule has 0 radical (unpaired) electrons. The van der Waals surface area contributed by atoms with Crippen molar-refractivity contribution in [2.75, 3.05) is 5.88 Å². The number of carbonyl (C=O) groups excluding carboxylic acids is 1. The molecule has 100 valence electrons. The molecule has 1 aromatic rings. The van der Waals surface area contributed by atoms with Crippen molar-refractivity contribution in [3.8, 4) is 0 Å². The van der Waals surface area contributed by atoms with Crippen LogP contribution in [0.5, 0.6) is 0 Å². The molecule has 18 heavy (non-hydrogen) atoms. The van der Waals surface area contributed by atoms with E-state index in [1.165, 1.54) is 0 Å². The van der Waals surface area contributed by atoms with Gasteiger partial charge >= 0.3 is 0 Å². The zero-order valence-corrected chi connectivity index (χ0v) is 12.4. The third-order valence-electron chi connectivity index (χ3n) is 3.63. The van der Waals surface area contributed by atoms with Gasteiger partial charge in [0.2, 0.25) is 0 Å². The normalized spacial score (nSPS) is 11.4. The summed E-state index contributed by atoms with van der Waals surface area (Å²) in [6.07, 6.45) is 1.67. The van der Waals surface area contributed by atoms with E-state index in [9.17, 15) is 4.79 Å². The first kappa shape index (κ1) is 15.0. The molecular formula is C15H22ClNO. The van der Waals surface area contributed by atoms with E-state index in [0.29, 0.717) is 5.88 Å². The molecule has 1 rings (SSSR count). The van der Waals surface area contributed by atoms with Crippen molar-refractivity contribution in [3.63, 3.8) is 0 Å². The number of aryl methyl sites for hydroxylation is 2. The molecule has 0 aromatic heterocycles. The van der Waals surface area contributed by atoms with Gasteiger partial charge in [0.1, 0.15) is 0 Å². The first-order chi connectivity index (χ1) is 8.48. The van der Waals surface area contributed by atoms with Crippen LogP contribution in [0.2, 0.25) is 0 Å². The summed E-state index contributed by atoms with van der Waals surface area (Å²) in [7, 11) is 0. The zero-order valence-electron chi connectivity index (χ0n) is 11.6. The van der Waals surface area contributed by atoms with Gasteiger partial charge in [-0.15, -0.1) is 11.6 Å². The van der Waals surface area contributed by atoms with Gasteiger partial charge in [-0.2, -0.15) is 0 Å². The van der Waals surface area contributed by atoms with Crippen molar-refractivity contribution in [1.82, 2.24) is 5.32 Å². The minimum Gasteiger partial charge on any atom is -0.345 e. The van der Waals surface area contributed by atoms with Crippen molar-refractivity contribution < 1.29 is 4.79 Å². The number of alkyl halides is 1. The number of amides is 1. The second kappa shape index (κ2) is 6.24. The molecule has 0 saturated heterocycles. The van der Waals surface area contributed by atoms with Crippen molar-refractivity contribution in [2.24, 2.45) is 0 Å². The van der Waals surface area contributed by atoms with Crippen LogP contribution in [0.1, 0.15) is 48.2 Å². The molecule has 0 unspecified atom stereocenters. The summed E-state index contributed by atoms with van der Waals surface area (Å²) >= 11 is 6.01. The predicted molar refractivity (Wildman–Crippen MR) is 77.4 cm³/mol. The molecule has 0 fully saturated rings. The summed E-state index contributed by atoms with van der Waals surface area (Å²) in [5.41, 5.74) is 2.53. The monoisotopic (exact) mass is 267 g/mol. The van der Waals surface area contributed by atoms with E-state index in [0.717, 1.165) is 29.5 Å². The van der Waals surface area contributed by atoms with Crippen LogP contribution in [0.25, 0.3) is 0 Å². The smallest absolute Gasteiger partial charge is 0.252 e. The summed E-state index contributed by atoms with van der Waals surface area (Å²) in [6.45, 7) is 8.05. The van der Waals surface area contributed by atoms with E-state index in [2.05, 4.69) is 19.2 Å². The lowest BCUT2D eigenvalue weighted by atomic mass is 9.94. The molecule has 0 aliphatic rings. The van der Waals surface area contributed by atoms with E-state index in [-0.39, 0.29) is 11.4 Å². The van der Waals surface area contributed by atoms with Crippen LogP contribution in [-0.4, -0.2) is 17.3 Å². The Bertz CT molecular complexity index is 416. The molecule has 2 nitrogen and oxygen atoms in total. The Labute approximate surface area is 115 Å². The number of hydrogen-bond acceptors (Lipinski definition) is 1. The highest BCUT2D eigenvalue weighted by atomic mass is 35.5. The van der Waals surface area contributed by atoms with E-state index in [1.54, 1.807) is 0 Å². The lowest BCUT2D eigenvalue weighted by molar-refractivity contribution is 0.0902. The molecule has 0 saturated carbocycles. The largest absolute Gasteiger partial charge is 0.345 e. The topological polar surface area (TPSA) is 29.1 Å². The lowest BCUT2D eigenvalue weighted by Gasteiger charge is -2.31. The van der Waals surface area contributed by atoms with Crippen LogP contribution in [0.4, 0.5) is 0 Å². The van der Waals surface area contributed by atoms with Crippen LogP contribution in [0.15, 0.2) is 18.2 Å². The second-order valence-corrected chi connectivity index (χ2v) is 5.16. The van der Waals surface area contributed by atoms with E-state index in [1.807, 2.05) is 32.0 Å².